The van der Waals surface area contributed by atoms with Crippen LogP contribution in [0.3, 0.4) is 0 Å². The van der Waals surface area contributed by atoms with Crippen LogP contribution in [0.4, 0.5) is 0 Å². The number of aromatic nitrogens is 2. The Kier molecular flexibility index (Phi) is 4.94. The molecule has 0 aliphatic carbocycles. The molecule has 0 N–H and O–H groups in total. The quantitative estimate of drug-likeness (QED) is 0.434. The van der Waals surface area contributed by atoms with Crippen molar-refractivity contribution in [2.75, 3.05) is 0 Å². The first kappa shape index (κ1) is 18.9. The first-order valence-electron chi connectivity index (χ1n) is 8.94. The predicted octanol–water partition coefficient (Wildman–Crippen LogP) is 4.44. The summed E-state index contributed by atoms with van der Waals surface area (Å²) < 4.78 is 41.6. The highest BCUT2D eigenvalue weighted by Crippen LogP contribution is 2.28. The van der Waals surface area contributed by atoms with Gasteiger partial charge in [0.1, 0.15) is 27.6 Å². The molecule has 0 spiro atoms. The van der Waals surface area contributed by atoms with Gasteiger partial charge in [0.05, 0.1) is 6.10 Å². The Bertz CT molecular complexity index is 1230. The molecule has 2 aromatic carbocycles. The molecule has 0 saturated carbocycles. The predicted molar refractivity (Wildman–Crippen MR) is 107 cm³/mol. The van der Waals surface area contributed by atoms with E-state index in [0.29, 0.717) is 28.4 Å². The van der Waals surface area contributed by atoms with E-state index in [9.17, 15) is 8.42 Å². The molecule has 2 aromatic heterocycles. The third kappa shape index (κ3) is 4.22. The van der Waals surface area contributed by atoms with Gasteiger partial charge in [0, 0.05) is 12.3 Å². The summed E-state index contributed by atoms with van der Waals surface area (Å²) in [5.41, 5.74) is 1.56. The molecular formula is C21H18N2O5S. The van der Waals surface area contributed by atoms with Crippen molar-refractivity contribution in [3.05, 3.63) is 66.9 Å². The molecule has 0 bridgehead atoms. The summed E-state index contributed by atoms with van der Waals surface area (Å²) in [5.74, 6) is 1.06. The molecule has 8 heteroatoms. The summed E-state index contributed by atoms with van der Waals surface area (Å²) in [5, 5.41) is 0. The average Bonchev–Trinajstić information content (AvgIpc) is 3.12. The lowest BCUT2D eigenvalue weighted by Gasteiger charge is -2.10. The monoisotopic (exact) mass is 410 g/mol. The SMILES string of the molecule is CC(C)Oc1ccc(S(=O)(=O)Oc2ccc3nc(-c4ccccn4)oc3c2)cc1. The largest absolute Gasteiger partial charge is 0.491 e. The van der Waals surface area contributed by atoms with E-state index in [1.54, 1.807) is 36.5 Å². The van der Waals surface area contributed by atoms with Gasteiger partial charge in [-0.15, -0.1) is 0 Å². The minimum atomic E-state index is -4.00. The molecule has 0 saturated heterocycles. The number of benzene rings is 2. The smallest absolute Gasteiger partial charge is 0.339 e. The van der Waals surface area contributed by atoms with Crippen LogP contribution in [0.5, 0.6) is 11.5 Å². The summed E-state index contributed by atoms with van der Waals surface area (Å²) in [4.78, 5) is 8.59. The maximum Gasteiger partial charge on any atom is 0.339 e. The first-order valence-corrected chi connectivity index (χ1v) is 10.3. The van der Waals surface area contributed by atoms with E-state index >= 15 is 0 Å². The lowest BCUT2D eigenvalue weighted by Crippen LogP contribution is -2.10. The van der Waals surface area contributed by atoms with E-state index in [1.165, 1.54) is 24.3 Å². The minimum Gasteiger partial charge on any atom is -0.491 e. The Morgan fingerprint density at radius 1 is 0.966 bits per heavy atom. The van der Waals surface area contributed by atoms with Crippen molar-refractivity contribution in [3.8, 4) is 23.1 Å². The molecule has 0 amide bonds. The van der Waals surface area contributed by atoms with Gasteiger partial charge in [-0.05, 0) is 62.4 Å². The van der Waals surface area contributed by atoms with Gasteiger partial charge in [0.15, 0.2) is 5.58 Å². The summed E-state index contributed by atoms with van der Waals surface area (Å²) in [6.45, 7) is 3.79. The molecule has 0 aliphatic heterocycles. The van der Waals surface area contributed by atoms with E-state index in [1.807, 2.05) is 19.9 Å². The lowest BCUT2D eigenvalue weighted by molar-refractivity contribution is 0.242. The Balaban J connectivity index is 1.58. The van der Waals surface area contributed by atoms with E-state index in [0.717, 1.165) is 0 Å². The molecule has 0 aliphatic rings. The number of hydrogen-bond donors (Lipinski definition) is 0. The zero-order valence-electron chi connectivity index (χ0n) is 15.8. The van der Waals surface area contributed by atoms with Gasteiger partial charge in [-0.3, -0.25) is 4.98 Å². The van der Waals surface area contributed by atoms with Crippen LogP contribution >= 0.6 is 0 Å². The molecule has 4 rings (SSSR count). The topological polar surface area (TPSA) is 91.5 Å². The second kappa shape index (κ2) is 7.56. The van der Waals surface area contributed by atoms with Crippen molar-refractivity contribution < 1.29 is 21.8 Å². The fourth-order valence-electron chi connectivity index (χ4n) is 2.69. The van der Waals surface area contributed by atoms with Crippen LogP contribution in [0, 0.1) is 0 Å². The number of oxazole rings is 1. The maximum absolute atomic E-state index is 12.6. The normalized spacial score (nSPS) is 11.7. The van der Waals surface area contributed by atoms with Crippen molar-refractivity contribution in [3.63, 3.8) is 0 Å². The first-order chi connectivity index (χ1) is 13.9. The van der Waals surface area contributed by atoms with Crippen LogP contribution in [-0.4, -0.2) is 24.5 Å². The van der Waals surface area contributed by atoms with Crippen molar-refractivity contribution in [2.45, 2.75) is 24.8 Å². The standard InChI is InChI=1S/C21H18N2O5S/c1-14(2)26-15-6-9-17(10-7-15)29(24,25)28-16-8-11-18-20(13-16)27-21(23-18)19-5-3-4-12-22-19/h3-14H,1-2H3. The molecule has 7 nitrogen and oxygen atoms in total. The van der Waals surface area contributed by atoms with E-state index in [-0.39, 0.29) is 16.7 Å². The fourth-order valence-corrected chi connectivity index (χ4v) is 3.61. The molecule has 0 unspecified atom stereocenters. The fraction of sp³-hybridized carbons (Fsp3) is 0.143. The highest BCUT2D eigenvalue weighted by molar-refractivity contribution is 7.87. The minimum absolute atomic E-state index is 0.00156. The van der Waals surface area contributed by atoms with Gasteiger partial charge in [0.25, 0.3) is 0 Å². The van der Waals surface area contributed by atoms with Crippen molar-refractivity contribution in [1.82, 2.24) is 9.97 Å². The highest BCUT2D eigenvalue weighted by atomic mass is 32.2. The Labute approximate surface area is 168 Å². The molecule has 0 fully saturated rings. The second-order valence-electron chi connectivity index (χ2n) is 6.54. The van der Waals surface area contributed by atoms with Crippen molar-refractivity contribution in [2.24, 2.45) is 0 Å². The third-order valence-electron chi connectivity index (χ3n) is 3.93. The molecular weight excluding hydrogens is 392 g/mol. The Morgan fingerprint density at radius 2 is 1.72 bits per heavy atom. The van der Waals surface area contributed by atoms with Crippen LogP contribution in [0.2, 0.25) is 0 Å². The van der Waals surface area contributed by atoms with Crippen molar-refractivity contribution >= 4 is 21.2 Å². The summed E-state index contributed by atoms with van der Waals surface area (Å²) in [6, 6.07) is 16.1. The van der Waals surface area contributed by atoms with Gasteiger partial charge < -0.3 is 13.3 Å². The molecule has 0 atom stereocenters. The summed E-state index contributed by atoms with van der Waals surface area (Å²) in [6.07, 6.45) is 1.64. The van der Waals surface area contributed by atoms with E-state index in [2.05, 4.69) is 9.97 Å². The number of nitrogens with zero attached hydrogens (tertiary/aromatic N) is 2. The molecule has 148 valence electrons. The number of rotatable bonds is 6. The summed E-state index contributed by atoms with van der Waals surface area (Å²) in [7, 11) is -4.00. The lowest BCUT2D eigenvalue weighted by atomic mass is 10.3. The van der Waals surface area contributed by atoms with Gasteiger partial charge >= 0.3 is 10.1 Å². The Morgan fingerprint density at radius 3 is 2.41 bits per heavy atom. The van der Waals surface area contributed by atoms with Gasteiger partial charge in [-0.25, -0.2) is 4.98 Å². The van der Waals surface area contributed by atoms with Crippen LogP contribution in [0.1, 0.15) is 13.8 Å². The van der Waals surface area contributed by atoms with Gasteiger partial charge in [-0.2, -0.15) is 8.42 Å². The van der Waals surface area contributed by atoms with Gasteiger partial charge in [0.2, 0.25) is 5.89 Å². The summed E-state index contributed by atoms with van der Waals surface area (Å²) >= 11 is 0. The van der Waals surface area contributed by atoms with Crippen LogP contribution in [0.25, 0.3) is 22.7 Å². The zero-order valence-corrected chi connectivity index (χ0v) is 16.6. The molecule has 0 radical (unpaired) electrons. The number of pyridine rings is 1. The Hall–Kier alpha value is -3.39. The van der Waals surface area contributed by atoms with E-state index in [4.69, 9.17) is 13.3 Å². The second-order valence-corrected chi connectivity index (χ2v) is 8.09. The van der Waals surface area contributed by atoms with E-state index < -0.39 is 10.1 Å². The van der Waals surface area contributed by atoms with Gasteiger partial charge in [-0.1, -0.05) is 6.07 Å². The zero-order chi connectivity index (χ0) is 20.4. The van der Waals surface area contributed by atoms with Crippen molar-refractivity contribution in [1.29, 1.82) is 0 Å². The number of hydrogen-bond acceptors (Lipinski definition) is 7. The highest BCUT2D eigenvalue weighted by Gasteiger charge is 2.18. The molecule has 4 aromatic rings. The molecule has 2 heterocycles. The number of ether oxygens (including phenoxy) is 1. The van der Waals surface area contributed by atoms with Crippen LogP contribution in [-0.2, 0) is 10.1 Å². The maximum atomic E-state index is 12.6. The third-order valence-corrected chi connectivity index (χ3v) is 5.20. The average molecular weight is 410 g/mol. The molecule has 29 heavy (non-hydrogen) atoms. The van der Waals surface area contributed by atoms with Crippen LogP contribution < -0.4 is 8.92 Å². The number of fused-ring (bicyclic) bond motifs is 1. The van der Waals surface area contributed by atoms with Crippen LogP contribution in [0.15, 0.2) is 76.2 Å².